The first-order valence-electron chi connectivity index (χ1n) is 9.84. The van der Waals surface area contributed by atoms with Crippen molar-refractivity contribution in [3.63, 3.8) is 0 Å². The summed E-state index contributed by atoms with van der Waals surface area (Å²) < 4.78 is 29.4. The molecule has 164 valence electrons. The molecule has 3 rings (SSSR count). The maximum absolute atomic E-state index is 12.7. The molecule has 2 aliphatic rings. The van der Waals surface area contributed by atoms with Crippen LogP contribution in [0.1, 0.15) is 19.3 Å². The number of aliphatic hydroxyl groups is 1. The highest BCUT2D eigenvalue weighted by atomic mass is 32.2. The molecular formula is C20H27N3O6S. The fraction of sp³-hybridized carbons (Fsp3) is 0.500. The molecule has 2 aliphatic heterocycles. The van der Waals surface area contributed by atoms with Crippen molar-refractivity contribution >= 4 is 33.1 Å². The number of amides is 1. The van der Waals surface area contributed by atoms with Crippen LogP contribution in [0.15, 0.2) is 34.4 Å². The molecule has 0 bridgehead atoms. The number of ether oxygens (including phenoxy) is 1. The van der Waals surface area contributed by atoms with E-state index >= 15 is 0 Å². The van der Waals surface area contributed by atoms with Gasteiger partial charge in [-0.15, -0.1) is 0 Å². The summed E-state index contributed by atoms with van der Waals surface area (Å²) in [5.74, 6) is -1.05. The van der Waals surface area contributed by atoms with Crippen molar-refractivity contribution in [1.82, 2.24) is 4.90 Å². The summed E-state index contributed by atoms with van der Waals surface area (Å²) in [5.41, 5.74) is 1.33. The number of sulfone groups is 1. The Morgan fingerprint density at radius 2 is 1.93 bits per heavy atom. The van der Waals surface area contributed by atoms with Gasteiger partial charge in [0.15, 0.2) is 9.84 Å². The number of carbonyl (C=O) groups is 2. The number of nitrogens with one attached hydrogen (secondary N) is 1. The van der Waals surface area contributed by atoms with Crippen LogP contribution in [-0.4, -0.2) is 76.5 Å². The molecule has 0 unspecified atom stereocenters. The molecule has 10 heteroatoms. The van der Waals surface area contributed by atoms with Gasteiger partial charge in [-0.05, 0) is 37.5 Å². The van der Waals surface area contributed by atoms with Crippen molar-refractivity contribution < 1.29 is 27.9 Å². The quantitative estimate of drug-likeness (QED) is 0.601. The SMILES string of the molecule is COC(=O)C1=C(Nc2ccc(S(C)(=O)=O)c(N3CCCCC3)c2)C(=O)N(CCO)C1. The third kappa shape index (κ3) is 4.59. The zero-order valence-electron chi connectivity index (χ0n) is 17.2. The number of carbonyl (C=O) groups excluding carboxylic acids is 2. The molecule has 1 aromatic carbocycles. The van der Waals surface area contributed by atoms with E-state index in [0.29, 0.717) is 11.4 Å². The van der Waals surface area contributed by atoms with Crippen LogP contribution in [0.25, 0.3) is 0 Å². The summed E-state index contributed by atoms with van der Waals surface area (Å²) in [4.78, 5) is 28.5. The Bertz CT molecular complexity index is 967. The molecule has 30 heavy (non-hydrogen) atoms. The molecule has 1 saturated heterocycles. The highest BCUT2D eigenvalue weighted by Crippen LogP contribution is 2.32. The number of hydrogen-bond donors (Lipinski definition) is 2. The van der Waals surface area contributed by atoms with Crippen LogP contribution >= 0.6 is 0 Å². The van der Waals surface area contributed by atoms with E-state index in [1.54, 1.807) is 12.1 Å². The van der Waals surface area contributed by atoms with Gasteiger partial charge in [0.2, 0.25) is 0 Å². The third-order valence-corrected chi connectivity index (χ3v) is 6.42. The van der Waals surface area contributed by atoms with Crippen LogP contribution in [-0.2, 0) is 24.2 Å². The molecular weight excluding hydrogens is 410 g/mol. The Labute approximate surface area is 176 Å². The van der Waals surface area contributed by atoms with Gasteiger partial charge >= 0.3 is 5.97 Å². The minimum absolute atomic E-state index is 0.0365. The second-order valence-electron chi connectivity index (χ2n) is 7.42. The van der Waals surface area contributed by atoms with Crippen molar-refractivity contribution in [2.24, 2.45) is 0 Å². The lowest BCUT2D eigenvalue weighted by atomic mass is 10.1. The Balaban J connectivity index is 1.98. The number of rotatable bonds is 7. The van der Waals surface area contributed by atoms with Gasteiger partial charge in [-0.1, -0.05) is 0 Å². The van der Waals surface area contributed by atoms with Gasteiger partial charge in [-0.25, -0.2) is 13.2 Å². The number of β-amino-alcohol motifs (C(OH)–C–C–N with tert-alkyl or cyclic N) is 1. The number of piperidine rings is 1. The van der Waals surface area contributed by atoms with Crippen LogP contribution < -0.4 is 10.2 Å². The molecule has 9 nitrogen and oxygen atoms in total. The second-order valence-corrected chi connectivity index (χ2v) is 9.41. The summed E-state index contributed by atoms with van der Waals surface area (Å²) >= 11 is 0. The Morgan fingerprint density at radius 1 is 1.23 bits per heavy atom. The molecule has 0 saturated carbocycles. The molecule has 1 fully saturated rings. The van der Waals surface area contributed by atoms with Gasteiger partial charge in [0.05, 0.1) is 36.4 Å². The van der Waals surface area contributed by atoms with Crippen LogP contribution in [0.3, 0.4) is 0 Å². The summed E-state index contributed by atoms with van der Waals surface area (Å²) in [7, 11) is -2.20. The maximum atomic E-state index is 12.7. The fourth-order valence-corrected chi connectivity index (χ4v) is 4.67. The molecule has 1 amide bonds. The first kappa shape index (κ1) is 22.1. The molecule has 0 atom stereocenters. The van der Waals surface area contributed by atoms with Gasteiger partial charge in [-0.3, -0.25) is 4.79 Å². The monoisotopic (exact) mass is 437 g/mol. The molecule has 0 spiro atoms. The van der Waals surface area contributed by atoms with Crippen molar-refractivity contribution in [2.75, 3.05) is 56.4 Å². The molecule has 0 radical (unpaired) electrons. The standard InChI is InChI=1S/C20H27N3O6S/c1-29-20(26)15-13-23(10-11-24)19(25)18(15)21-14-6-7-17(30(2,27)28)16(12-14)22-8-4-3-5-9-22/h6-7,12,21,24H,3-5,8-11,13H2,1-2H3. The van der Waals surface area contributed by atoms with Crippen LogP contribution in [0.2, 0.25) is 0 Å². The number of methoxy groups -OCH3 is 1. The smallest absolute Gasteiger partial charge is 0.337 e. The van der Waals surface area contributed by atoms with Gasteiger partial charge < -0.3 is 25.0 Å². The predicted octanol–water partition coefficient (Wildman–Crippen LogP) is 0.754. The van der Waals surface area contributed by atoms with E-state index in [-0.39, 0.29) is 35.9 Å². The zero-order chi connectivity index (χ0) is 21.9. The number of benzene rings is 1. The van der Waals surface area contributed by atoms with E-state index in [4.69, 9.17) is 4.74 Å². The highest BCUT2D eigenvalue weighted by molar-refractivity contribution is 7.90. The normalized spacial score (nSPS) is 17.5. The first-order valence-corrected chi connectivity index (χ1v) is 11.7. The first-order chi connectivity index (χ1) is 14.3. The summed E-state index contributed by atoms with van der Waals surface area (Å²) in [6.07, 6.45) is 4.24. The highest BCUT2D eigenvalue weighted by Gasteiger charge is 2.34. The number of hydrogen-bond acceptors (Lipinski definition) is 8. The topological polar surface area (TPSA) is 116 Å². The van der Waals surface area contributed by atoms with E-state index < -0.39 is 21.7 Å². The van der Waals surface area contributed by atoms with Crippen LogP contribution in [0.4, 0.5) is 11.4 Å². The fourth-order valence-electron chi connectivity index (χ4n) is 3.78. The van der Waals surface area contributed by atoms with E-state index in [9.17, 15) is 23.1 Å². The largest absolute Gasteiger partial charge is 0.466 e. The minimum Gasteiger partial charge on any atom is -0.466 e. The summed E-state index contributed by atoms with van der Waals surface area (Å²) in [6.45, 7) is 1.41. The van der Waals surface area contributed by atoms with Gasteiger partial charge in [-0.2, -0.15) is 0 Å². The average molecular weight is 438 g/mol. The van der Waals surface area contributed by atoms with Crippen molar-refractivity contribution in [3.8, 4) is 0 Å². The Hall–Kier alpha value is -2.59. The molecule has 2 heterocycles. The van der Waals surface area contributed by atoms with E-state index in [0.717, 1.165) is 32.4 Å². The van der Waals surface area contributed by atoms with Crippen LogP contribution in [0, 0.1) is 0 Å². The Morgan fingerprint density at radius 3 is 2.53 bits per heavy atom. The van der Waals surface area contributed by atoms with Crippen molar-refractivity contribution in [1.29, 1.82) is 0 Å². The van der Waals surface area contributed by atoms with Gasteiger partial charge in [0.25, 0.3) is 5.91 Å². The lowest BCUT2D eigenvalue weighted by Gasteiger charge is -2.30. The number of esters is 1. The van der Waals surface area contributed by atoms with E-state index in [2.05, 4.69) is 5.32 Å². The third-order valence-electron chi connectivity index (χ3n) is 5.28. The van der Waals surface area contributed by atoms with Gasteiger partial charge in [0.1, 0.15) is 5.70 Å². The second kappa shape index (κ2) is 9.05. The summed E-state index contributed by atoms with van der Waals surface area (Å²) in [5, 5.41) is 12.2. The zero-order valence-corrected chi connectivity index (χ0v) is 18.0. The van der Waals surface area contributed by atoms with E-state index in [1.165, 1.54) is 24.3 Å². The molecule has 1 aromatic rings. The van der Waals surface area contributed by atoms with Crippen LogP contribution in [0.5, 0.6) is 0 Å². The average Bonchev–Trinajstić information content (AvgIpc) is 3.03. The minimum atomic E-state index is -3.44. The van der Waals surface area contributed by atoms with E-state index in [1.807, 2.05) is 4.90 Å². The predicted molar refractivity (Wildman–Crippen MR) is 112 cm³/mol. The molecule has 2 N–H and O–H groups in total. The lowest BCUT2D eigenvalue weighted by Crippen LogP contribution is -2.31. The Kier molecular flexibility index (Phi) is 6.67. The lowest BCUT2D eigenvalue weighted by molar-refractivity contribution is -0.136. The van der Waals surface area contributed by atoms with Gasteiger partial charge in [0, 0.05) is 31.6 Å². The molecule has 0 aromatic heterocycles. The number of aliphatic hydroxyl groups excluding tert-OH is 1. The number of anilines is 2. The molecule has 0 aliphatic carbocycles. The van der Waals surface area contributed by atoms with Crippen molar-refractivity contribution in [2.45, 2.75) is 24.2 Å². The maximum Gasteiger partial charge on any atom is 0.337 e. The summed E-state index contributed by atoms with van der Waals surface area (Å²) in [6, 6.07) is 4.80. The van der Waals surface area contributed by atoms with Crippen molar-refractivity contribution in [3.05, 3.63) is 29.5 Å². The number of nitrogens with zero attached hydrogens (tertiary/aromatic N) is 2.